The highest BCUT2D eigenvalue weighted by Gasteiger charge is 2.31. The summed E-state index contributed by atoms with van der Waals surface area (Å²) in [5.41, 5.74) is 0.190. The summed E-state index contributed by atoms with van der Waals surface area (Å²) >= 11 is 0. The van der Waals surface area contributed by atoms with Gasteiger partial charge in [0.05, 0.1) is 11.8 Å². The van der Waals surface area contributed by atoms with E-state index in [1.54, 1.807) is 12.1 Å². The van der Waals surface area contributed by atoms with E-state index >= 15 is 0 Å². The zero-order valence-electron chi connectivity index (χ0n) is 9.23. The molecule has 1 heterocycles. The summed E-state index contributed by atoms with van der Waals surface area (Å²) < 4.78 is 18.7. The van der Waals surface area contributed by atoms with Crippen molar-refractivity contribution < 1.29 is 19.0 Å². The van der Waals surface area contributed by atoms with Crippen molar-refractivity contribution in [2.75, 3.05) is 11.9 Å². The van der Waals surface area contributed by atoms with Crippen molar-refractivity contribution in [2.45, 2.75) is 25.0 Å². The number of halogens is 1. The number of anilines is 1. The zero-order chi connectivity index (χ0) is 12.3. The van der Waals surface area contributed by atoms with Crippen molar-refractivity contribution in [1.29, 1.82) is 0 Å². The summed E-state index contributed by atoms with van der Waals surface area (Å²) in [6.07, 6.45) is 1.12. The zero-order valence-corrected chi connectivity index (χ0v) is 9.23. The van der Waals surface area contributed by atoms with Crippen molar-refractivity contribution in [3.05, 3.63) is 30.1 Å². The Morgan fingerprint density at radius 1 is 1.53 bits per heavy atom. The first-order valence-electron chi connectivity index (χ1n) is 5.54. The summed E-state index contributed by atoms with van der Waals surface area (Å²) in [6, 6.07) is 5.11. The minimum Gasteiger partial charge on any atom is -0.480 e. The third kappa shape index (κ3) is 2.74. The largest absolute Gasteiger partial charge is 0.480 e. The fourth-order valence-corrected chi connectivity index (χ4v) is 1.92. The first-order valence-corrected chi connectivity index (χ1v) is 5.54. The molecule has 1 aromatic carbocycles. The van der Waals surface area contributed by atoms with E-state index in [0.29, 0.717) is 13.0 Å². The first kappa shape index (κ1) is 11.9. The van der Waals surface area contributed by atoms with Gasteiger partial charge < -0.3 is 15.2 Å². The van der Waals surface area contributed by atoms with Crippen LogP contribution in [0.25, 0.3) is 0 Å². The molecule has 0 bridgehead atoms. The SMILES string of the molecule is O=C(O)C(Nc1ccccc1F)C1CCCO1. The Balaban J connectivity index is 2.12. The molecule has 0 aliphatic carbocycles. The van der Waals surface area contributed by atoms with Crippen LogP contribution in [0.3, 0.4) is 0 Å². The van der Waals surface area contributed by atoms with Crippen LogP contribution in [0.4, 0.5) is 10.1 Å². The number of benzene rings is 1. The van der Waals surface area contributed by atoms with Crippen LogP contribution in [0, 0.1) is 5.82 Å². The van der Waals surface area contributed by atoms with E-state index < -0.39 is 23.9 Å². The molecule has 1 aliphatic rings. The van der Waals surface area contributed by atoms with Crippen LogP contribution < -0.4 is 5.32 Å². The van der Waals surface area contributed by atoms with Crippen molar-refractivity contribution in [1.82, 2.24) is 0 Å². The number of carboxylic acid groups (broad SMARTS) is 1. The Kier molecular flexibility index (Phi) is 3.58. The van der Waals surface area contributed by atoms with E-state index in [0.717, 1.165) is 6.42 Å². The lowest BCUT2D eigenvalue weighted by atomic mass is 10.1. The summed E-state index contributed by atoms with van der Waals surface area (Å²) in [7, 11) is 0. The monoisotopic (exact) mass is 239 g/mol. The van der Waals surface area contributed by atoms with Gasteiger partial charge in [0, 0.05) is 6.61 Å². The van der Waals surface area contributed by atoms with Crippen LogP contribution in [-0.2, 0) is 9.53 Å². The van der Waals surface area contributed by atoms with Crippen molar-refractivity contribution >= 4 is 11.7 Å². The second-order valence-electron chi connectivity index (χ2n) is 3.99. The second kappa shape index (κ2) is 5.14. The lowest BCUT2D eigenvalue weighted by Crippen LogP contribution is -2.40. The van der Waals surface area contributed by atoms with Crippen LogP contribution >= 0.6 is 0 Å². The highest BCUT2D eigenvalue weighted by molar-refractivity contribution is 5.78. The van der Waals surface area contributed by atoms with Crippen LogP contribution in [0.2, 0.25) is 0 Å². The summed E-state index contributed by atoms with van der Waals surface area (Å²) in [6.45, 7) is 0.563. The number of carbonyl (C=O) groups is 1. The third-order valence-electron chi connectivity index (χ3n) is 2.79. The lowest BCUT2D eigenvalue weighted by molar-refractivity contribution is -0.140. The maximum Gasteiger partial charge on any atom is 0.328 e. The highest BCUT2D eigenvalue weighted by atomic mass is 19.1. The maximum atomic E-state index is 13.4. The van der Waals surface area contributed by atoms with Gasteiger partial charge in [-0.05, 0) is 25.0 Å². The molecular weight excluding hydrogens is 225 g/mol. The molecule has 1 aromatic rings. The van der Waals surface area contributed by atoms with Crippen LogP contribution in [0.15, 0.2) is 24.3 Å². The molecule has 0 amide bonds. The van der Waals surface area contributed by atoms with Gasteiger partial charge in [0.25, 0.3) is 0 Å². The molecule has 1 saturated heterocycles. The van der Waals surface area contributed by atoms with Crippen LogP contribution in [0.1, 0.15) is 12.8 Å². The molecule has 5 heteroatoms. The normalized spacial score (nSPS) is 21.1. The Bertz CT molecular complexity index is 404. The molecule has 2 rings (SSSR count). The van der Waals surface area contributed by atoms with E-state index in [1.807, 2.05) is 0 Å². The number of aliphatic carboxylic acids is 1. The maximum absolute atomic E-state index is 13.4. The molecule has 0 aromatic heterocycles. The smallest absolute Gasteiger partial charge is 0.328 e. The van der Waals surface area contributed by atoms with Crippen LogP contribution in [0.5, 0.6) is 0 Å². The van der Waals surface area contributed by atoms with Crippen molar-refractivity contribution in [3.8, 4) is 0 Å². The highest BCUT2D eigenvalue weighted by Crippen LogP contribution is 2.21. The van der Waals surface area contributed by atoms with Gasteiger partial charge in [-0.1, -0.05) is 12.1 Å². The van der Waals surface area contributed by atoms with E-state index in [4.69, 9.17) is 9.84 Å². The fourth-order valence-electron chi connectivity index (χ4n) is 1.92. The summed E-state index contributed by atoms with van der Waals surface area (Å²) in [5.74, 6) is -1.49. The number of hydrogen-bond donors (Lipinski definition) is 2. The average molecular weight is 239 g/mol. The molecule has 4 nitrogen and oxygen atoms in total. The number of ether oxygens (including phenoxy) is 1. The number of nitrogens with one attached hydrogen (secondary N) is 1. The van der Waals surface area contributed by atoms with Crippen LogP contribution in [-0.4, -0.2) is 29.8 Å². The van der Waals surface area contributed by atoms with Gasteiger partial charge in [-0.3, -0.25) is 0 Å². The molecule has 0 saturated carbocycles. The first-order chi connectivity index (χ1) is 8.18. The van der Waals surface area contributed by atoms with Crippen molar-refractivity contribution in [2.24, 2.45) is 0 Å². The molecule has 1 aliphatic heterocycles. The third-order valence-corrected chi connectivity index (χ3v) is 2.79. The van der Waals surface area contributed by atoms with Gasteiger partial charge in [0.2, 0.25) is 0 Å². The Morgan fingerprint density at radius 3 is 2.88 bits per heavy atom. The summed E-state index contributed by atoms with van der Waals surface area (Å²) in [4.78, 5) is 11.1. The molecule has 0 radical (unpaired) electrons. The summed E-state index contributed by atoms with van der Waals surface area (Å²) in [5, 5.41) is 11.8. The van der Waals surface area contributed by atoms with E-state index in [-0.39, 0.29) is 5.69 Å². The number of carboxylic acids is 1. The van der Waals surface area contributed by atoms with Gasteiger partial charge >= 0.3 is 5.97 Å². The standard InChI is InChI=1S/C12H14FNO3/c13-8-4-1-2-5-9(8)14-11(12(15)16)10-6-3-7-17-10/h1-2,4-5,10-11,14H,3,6-7H2,(H,15,16). The van der Waals surface area contributed by atoms with Gasteiger partial charge in [0.15, 0.2) is 6.04 Å². The number of rotatable bonds is 4. The lowest BCUT2D eigenvalue weighted by Gasteiger charge is -2.21. The van der Waals surface area contributed by atoms with Gasteiger partial charge in [0.1, 0.15) is 5.82 Å². The fraction of sp³-hybridized carbons (Fsp3) is 0.417. The molecule has 1 fully saturated rings. The van der Waals surface area contributed by atoms with Gasteiger partial charge in [-0.15, -0.1) is 0 Å². The molecule has 92 valence electrons. The number of hydrogen-bond acceptors (Lipinski definition) is 3. The molecule has 2 atom stereocenters. The molecule has 2 N–H and O–H groups in total. The van der Waals surface area contributed by atoms with E-state index in [2.05, 4.69) is 5.32 Å². The molecule has 0 spiro atoms. The van der Waals surface area contributed by atoms with Crippen molar-refractivity contribution in [3.63, 3.8) is 0 Å². The molecule has 17 heavy (non-hydrogen) atoms. The second-order valence-corrected chi connectivity index (χ2v) is 3.99. The predicted octanol–water partition coefficient (Wildman–Crippen LogP) is 1.87. The minimum atomic E-state index is -1.03. The topological polar surface area (TPSA) is 58.6 Å². The van der Waals surface area contributed by atoms with Gasteiger partial charge in [-0.25, -0.2) is 9.18 Å². The van der Waals surface area contributed by atoms with E-state index in [9.17, 15) is 9.18 Å². The quantitative estimate of drug-likeness (QED) is 0.842. The minimum absolute atomic E-state index is 0.190. The van der Waals surface area contributed by atoms with Gasteiger partial charge in [-0.2, -0.15) is 0 Å². The molecule has 2 unspecified atom stereocenters. The number of para-hydroxylation sites is 1. The predicted molar refractivity (Wildman–Crippen MR) is 60.4 cm³/mol. The Hall–Kier alpha value is -1.62. The Morgan fingerprint density at radius 2 is 2.29 bits per heavy atom. The Labute approximate surface area is 98.4 Å². The average Bonchev–Trinajstić information content (AvgIpc) is 2.81. The molecular formula is C12H14FNO3. The van der Waals surface area contributed by atoms with E-state index in [1.165, 1.54) is 12.1 Å².